The Bertz CT molecular complexity index is 1050. The fourth-order valence-corrected chi connectivity index (χ4v) is 3.59. The predicted molar refractivity (Wildman–Crippen MR) is 115 cm³/mol. The minimum Gasteiger partial charge on any atom is -0.368 e. The van der Waals surface area contributed by atoms with Gasteiger partial charge in [0.2, 0.25) is 5.91 Å². The molecule has 3 aromatic rings. The second kappa shape index (κ2) is 9.96. The van der Waals surface area contributed by atoms with Crippen LogP contribution in [0.5, 0.6) is 0 Å². The van der Waals surface area contributed by atoms with E-state index in [2.05, 4.69) is 5.32 Å². The molecular weight excluding hydrogens is 420 g/mol. The largest absolute Gasteiger partial charge is 0.416 e. The third kappa shape index (κ3) is 5.95. The number of alkyl halides is 3. The highest BCUT2D eigenvalue weighted by Crippen LogP contribution is 2.30. The highest BCUT2D eigenvalue weighted by molar-refractivity contribution is 5.81. The summed E-state index contributed by atoms with van der Waals surface area (Å²) in [5.41, 5.74) is 7.57. The lowest BCUT2D eigenvalue weighted by atomic mass is 9.95. The van der Waals surface area contributed by atoms with Gasteiger partial charge in [-0.25, -0.2) is 4.39 Å². The van der Waals surface area contributed by atoms with E-state index >= 15 is 0 Å². The molecule has 0 unspecified atom stereocenters. The van der Waals surface area contributed by atoms with Gasteiger partial charge in [-0.2, -0.15) is 13.2 Å². The molecule has 0 heterocycles. The van der Waals surface area contributed by atoms with Crippen LogP contribution in [0.1, 0.15) is 46.3 Å². The van der Waals surface area contributed by atoms with Gasteiger partial charge in [0.05, 0.1) is 5.56 Å². The summed E-state index contributed by atoms with van der Waals surface area (Å²) in [5, 5.41) is 3.26. The molecule has 0 aliphatic rings. The van der Waals surface area contributed by atoms with Gasteiger partial charge in [0.25, 0.3) is 0 Å². The molecular formula is C25H24F4N2O. The number of hydrogen-bond acceptors (Lipinski definition) is 2. The fraction of sp³-hybridized carbons (Fsp3) is 0.240. The van der Waals surface area contributed by atoms with E-state index in [9.17, 15) is 22.4 Å². The summed E-state index contributed by atoms with van der Waals surface area (Å²) in [4.78, 5) is 12.2. The Hall–Kier alpha value is -3.19. The number of nitrogens with one attached hydrogen (secondary N) is 1. The van der Waals surface area contributed by atoms with Crippen molar-refractivity contribution in [3.63, 3.8) is 0 Å². The zero-order chi connectivity index (χ0) is 23.3. The van der Waals surface area contributed by atoms with Gasteiger partial charge in [-0.1, -0.05) is 54.6 Å². The molecule has 3 aromatic carbocycles. The summed E-state index contributed by atoms with van der Waals surface area (Å²) in [6.07, 6.45) is -3.47. The van der Waals surface area contributed by atoms with Crippen LogP contribution in [0.15, 0.2) is 72.8 Å². The summed E-state index contributed by atoms with van der Waals surface area (Å²) in [7, 11) is 0. The molecule has 0 spiro atoms. The van der Waals surface area contributed by atoms with E-state index in [0.717, 1.165) is 23.3 Å². The standard InChI is InChI=1S/C25H24F4N2O/c1-16-15-19(10-13-21(16)26)22(31-23(24(30)32)18-5-3-2-4-6-18)14-9-17-7-11-20(12-8-17)25(27,28)29/h2-8,10-13,15,22-23,31H,9,14H2,1H3,(H2,30,32)/t22-,23-/m1/s1. The summed E-state index contributed by atoms with van der Waals surface area (Å²) < 4.78 is 52.3. The molecule has 0 radical (unpaired) electrons. The number of carbonyl (C=O) groups is 1. The van der Waals surface area contributed by atoms with Gasteiger partial charge in [0, 0.05) is 6.04 Å². The molecule has 0 aliphatic heterocycles. The highest BCUT2D eigenvalue weighted by atomic mass is 19.4. The van der Waals surface area contributed by atoms with Crippen LogP contribution >= 0.6 is 0 Å². The van der Waals surface area contributed by atoms with Crippen molar-refractivity contribution in [3.05, 3.63) is 106 Å². The third-order valence-corrected chi connectivity index (χ3v) is 5.37. The van der Waals surface area contributed by atoms with Crippen LogP contribution in [0.25, 0.3) is 0 Å². The molecule has 168 valence electrons. The van der Waals surface area contributed by atoms with Gasteiger partial charge in [-0.05, 0) is 60.2 Å². The number of benzene rings is 3. The zero-order valence-electron chi connectivity index (χ0n) is 17.5. The van der Waals surface area contributed by atoms with Crippen LogP contribution < -0.4 is 11.1 Å². The number of aryl methyl sites for hydroxylation is 2. The maximum absolute atomic E-state index is 13.8. The summed E-state index contributed by atoms with van der Waals surface area (Å²) in [6.45, 7) is 1.65. The topological polar surface area (TPSA) is 55.1 Å². The van der Waals surface area contributed by atoms with Crippen molar-refractivity contribution in [1.29, 1.82) is 0 Å². The fourth-order valence-electron chi connectivity index (χ4n) is 3.59. The van der Waals surface area contributed by atoms with Crippen molar-refractivity contribution in [2.45, 2.75) is 38.0 Å². The first kappa shape index (κ1) is 23.5. The van der Waals surface area contributed by atoms with Gasteiger partial charge >= 0.3 is 6.18 Å². The molecule has 32 heavy (non-hydrogen) atoms. The second-order valence-electron chi connectivity index (χ2n) is 7.71. The minimum absolute atomic E-state index is 0.343. The lowest BCUT2D eigenvalue weighted by Crippen LogP contribution is -2.36. The van der Waals surface area contributed by atoms with Crippen molar-refractivity contribution < 1.29 is 22.4 Å². The highest BCUT2D eigenvalue weighted by Gasteiger charge is 2.30. The van der Waals surface area contributed by atoms with Crippen molar-refractivity contribution in [2.75, 3.05) is 0 Å². The maximum Gasteiger partial charge on any atom is 0.416 e. The molecule has 0 aromatic heterocycles. The first-order valence-electron chi connectivity index (χ1n) is 10.2. The molecule has 2 atom stereocenters. The van der Waals surface area contributed by atoms with Crippen LogP contribution in [0.4, 0.5) is 17.6 Å². The Balaban J connectivity index is 1.85. The number of carbonyl (C=O) groups excluding carboxylic acids is 1. The summed E-state index contributed by atoms with van der Waals surface area (Å²) in [5.74, 6) is -0.903. The summed E-state index contributed by atoms with van der Waals surface area (Å²) in [6, 6.07) is 17.5. The molecule has 3 N–H and O–H groups in total. The molecule has 7 heteroatoms. The van der Waals surface area contributed by atoms with Crippen LogP contribution in [0.2, 0.25) is 0 Å². The van der Waals surface area contributed by atoms with Crippen molar-refractivity contribution >= 4 is 5.91 Å². The van der Waals surface area contributed by atoms with Gasteiger partial charge in [0.15, 0.2) is 0 Å². The first-order chi connectivity index (χ1) is 15.1. The average molecular weight is 444 g/mol. The lowest BCUT2D eigenvalue weighted by molar-refractivity contribution is -0.137. The molecule has 0 saturated heterocycles. The van der Waals surface area contributed by atoms with E-state index in [1.165, 1.54) is 18.2 Å². The van der Waals surface area contributed by atoms with E-state index in [4.69, 9.17) is 5.73 Å². The number of hydrogen-bond donors (Lipinski definition) is 2. The van der Waals surface area contributed by atoms with E-state index in [0.29, 0.717) is 24.0 Å². The molecule has 0 fully saturated rings. The molecule has 1 amide bonds. The zero-order valence-corrected chi connectivity index (χ0v) is 17.5. The van der Waals surface area contributed by atoms with Crippen molar-refractivity contribution in [2.24, 2.45) is 5.73 Å². The van der Waals surface area contributed by atoms with Crippen LogP contribution in [-0.4, -0.2) is 5.91 Å². The van der Waals surface area contributed by atoms with E-state index in [1.54, 1.807) is 43.3 Å². The van der Waals surface area contributed by atoms with Gasteiger partial charge in [-0.15, -0.1) is 0 Å². The predicted octanol–water partition coefficient (Wildman–Crippen LogP) is 5.64. The van der Waals surface area contributed by atoms with Gasteiger partial charge < -0.3 is 5.73 Å². The lowest BCUT2D eigenvalue weighted by Gasteiger charge is -2.25. The van der Waals surface area contributed by atoms with Crippen LogP contribution in [0, 0.1) is 12.7 Å². The van der Waals surface area contributed by atoms with E-state index in [1.807, 2.05) is 6.07 Å². The van der Waals surface area contributed by atoms with E-state index in [-0.39, 0.29) is 11.9 Å². The second-order valence-corrected chi connectivity index (χ2v) is 7.71. The quantitative estimate of drug-likeness (QED) is 0.442. The van der Waals surface area contributed by atoms with Crippen LogP contribution in [0.3, 0.4) is 0 Å². The van der Waals surface area contributed by atoms with Crippen molar-refractivity contribution in [3.8, 4) is 0 Å². The van der Waals surface area contributed by atoms with Gasteiger partial charge in [0.1, 0.15) is 11.9 Å². The number of halogens is 4. The Morgan fingerprint density at radius 2 is 1.62 bits per heavy atom. The first-order valence-corrected chi connectivity index (χ1v) is 10.2. The maximum atomic E-state index is 13.8. The van der Waals surface area contributed by atoms with Gasteiger partial charge in [-0.3, -0.25) is 10.1 Å². The average Bonchev–Trinajstić information content (AvgIpc) is 2.76. The number of amides is 1. The Kier molecular flexibility index (Phi) is 7.30. The Morgan fingerprint density at radius 3 is 2.19 bits per heavy atom. The molecule has 0 aliphatic carbocycles. The molecule has 0 saturated carbocycles. The summed E-state index contributed by atoms with van der Waals surface area (Å²) >= 11 is 0. The number of nitrogens with two attached hydrogens (primary N) is 1. The smallest absolute Gasteiger partial charge is 0.368 e. The van der Waals surface area contributed by atoms with E-state index < -0.39 is 23.7 Å². The number of primary amides is 1. The number of rotatable bonds is 8. The molecule has 3 nitrogen and oxygen atoms in total. The minimum atomic E-state index is -4.39. The Labute approximate surface area is 184 Å². The van der Waals surface area contributed by atoms with Crippen LogP contribution in [-0.2, 0) is 17.4 Å². The third-order valence-electron chi connectivity index (χ3n) is 5.37. The SMILES string of the molecule is Cc1cc([C@@H](CCc2ccc(C(F)(F)F)cc2)N[C@@H](C(N)=O)c2ccccc2)ccc1F. The normalized spacial score (nSPS) is 13.5. The molecule has 0 bridgehead atoms. The van der Waals surface area contributed by atoms with Crippen molar-refractivity contribution in [1.82, 2.24) is 5.32 Å². The Morgan fingerprint density at radius 1 is 0.969 bits per heavy atom. The molecule has 3 rings (SSSR count). The monoisotopic (exact) mass is 444 g/mol.